The first-order chi connectivity index (χ1) is 13.5. The van der Waals surface area contributed by atoms with Crippen LogP contribution in [0.3, 0.4) is 0 Å². The molecule has 2 aromatic carbocycles. The van der Waals surface area contributed by atoms with Crippen molar-refractivity contribution in [3.63, 3.8) is 0 Å². The fourth-order valence-corrected chi connectivity index (χ4v) is 2.96. The predicted octanol–water partition coefficient (Wildman–Crippen LogP) is 2.37. The molecule has 146 valence electrons. The number of fused-ring (bicyclic) bond motifs is 1. The summed E-state index contributed by atoms with van der Waals surface area (Å²) < 4.78 is 17.2. The van der Waals surface area contributed by atoms with Crippen LogP contribution in [0.4, 0.5) is 5.69 Å². The highest BCUT2D eigenvalue weighted by molar-refractivity contribution is 5.91. The largest absolute Gasteiger partial charge is 0.493 e. The number of hydrogen-bond acceptors (Lipinski definition) is 6. The Labute approximate surface area is 161 Å². The van der Waals surface area contributed by atoms with Gasteiger partial charge < -0.3 is 19.5 Å². The van der Waals surface area contributed by atoms with E-state index in [-0.39, 0.29) is 18.0 Å². The first kappa shape index (κ1) is 19.2. The second kappa shape index (κ2) is 7.99. The van der Waals surface area contributed by atoms with E-state index in [2.05, 4.69) is 10.3 Å². The van der Waals surface area contributed by atoms with Crippen LogP contribution in [-0.2, 0) is 11.3 Å². The van der Waals surface area contributed by atoms with Crippen LogP contribution in [0.25, 0.3) is 10.9 Å². The maximum Gasteiger partial charge on any atom is 0.261 e. The predicted molar refractivity (Wildman–Crippen MR) is 105 cm³/mol. The topological polar surface area (TPSA) is 91.7 Å². The number of nitrogens with zero attached hydrogens (tertiary/aromatic N) is 2. The summed E-state index contributed by atoms with van der Waals surface area (Å²) in [6.07, 6.45) is 0. The van der Waals surface area contributed by atoms with Crippen molar-refractivity contribution >= 4 is 22.5 Å². The van der Waals surface area contributed by atoms with Gasteiger partial charge in [0.1, 0.15) is 12.4 Å². The van der Waals surface area contributed by atoms with E-state index in [0.717, 1.165) is 0 Å². The molecule has 0 aliphatic rings. The molecule has 0 saturated carbocycles. The van der Waals surface area contributed by atoms with E-state index in [4.69, 9.17) is 14.2 Å². The SMILES string of the molecule is COc1cc(NC(=O)Cn2c(C)nc3ccccc3c2=O)cc(OC)c1OC. The molecule has 3 rings (SSSR count). The molecule has 0 aliphatic carbocycles. The lowest BCUT2D eigenvalue weighted by Crippen LogP contribution is -2.30. The number of carbonyl (C=O) groups is 1. The summed E-state index contributed by atoms with van der Waals surface area (Å²) in [4.78, 5) is 29.7. The highest BCUT2D eigenvalue weighted by Gasteiger charge is 2.16. The van der Waals surface area contributed by atoms with Gasteiger partial charge in [-0.3, -0.25) is 14.2 Å². The number of benzene rings is 2. The second-order valence-electron chi connectivity index (χ2n) is 6.03. The van der Waals surface area contributed by atoms with Gasteiger partial charge in [-0.25, -0.2) is 4.98 Å². The lowest BCUT2D eigenvalue weighted by Gasteiger charge is -2.15. The Balaban J connectivity index is 1.89. The normalized spacial score (nSPS) is 10.6. The molecule has 1 aromatic heterocycles. The fourth-order valence-electron chi connectivity index (χ4n) is 2.96. The highest BCUT2D eigenvalue weighted by atomic mass is 16.5. The summed E-state index contributed by atoms with van der Waals surface area (Å²) in [5.74, 6) is 1.34. The van der Waals surface area contributed by atoms with Crippen molar-refractivity contribution in [1.29, 1.82) is 0 Å². The molecule has 8 heteroatoms. The molecule has 0 saturated heterocycles. The third-order valence-corrected chi connectivity index (χ3v) is 4.30. The number of ether oxygens (including phenoxy) is 3. The summed E-state index contributed by atoms with van der Waals surface area (Å²) in [6.45, 7) is 1.53. The molecule has 0 radical (unpaired) electrons. The number of aryl methyl sites for hydroxylation is 1. The molecule has 0 aliphatic heterocycles. The van der Waals surface area contributed by atoms with E-state index in [0.29, 0.717) is 39.7 Å². The zero-order valence-corrected chi connectivity index (χ0v) is 16.1. The quantitative estimate of drug-likeness (QED) is 0.703. The van der Waals surface area contributed by atoms with E-state index >= 15 is 0 Å². The van der Waals surface area contributed by atoms with Crippen LogP contribution in [-0.4, -0.2) is 36.8 Å². The van der Waals surface area contributed by atoms with Crippen molar-refractivity contribution < 1.29 is 19.0 Å². The van der Waals surface area contributed by atoms with E-state index in [1.165, 1.54) is 25.9 Å². The number of aromatic nitrogens is 2. The number of methoxy groups -OCH3 is 3. The van der Waals surface area contributed by atoms with Gasteiger partial charge >= 0.3 is 0 Å². The molecule has 1 N–H and O–H groups in total. The van der Waals surface area contributed by atoms with Gasteiger partial charge in [0.2, 0.25) is 11.7 Å². The number of hydrogen-bond donors (Lipinski definition) is 1. The lowest BCUT2D eigenvalue weighted by atomic mass is 10.2. The molecule has 0 fully saturated rings. The second-order valence-corrected chi connectivity index (χ2v) is 6.03. The first-order valence-corrected chi connectivity index (χ1v) is 8.54. The monoisotopic (exact) mass is 383 g/mol. The van der Waals surface area contributed by atoms with Crippen molar-refractivity contribution in [2.24, 2.45) is 0 Å². The number of amides is 1. The molecule has 8 nitrogen and oxygen atoms in total. The minimum Gasteiger partial charge on any atom is -0.493 e. The molecule has 0 atom stereocenters. The number of carbonyl (C=O) groups excluding carboxylic acids is 1. The van der Waals surface area contributed by atoms with Gasteiger partial charge in [-0.05, 0) is 19.1 Å². The molecular formula is C20H21N3O5. The Bertz CT molecular complexity index is 1070. The molecule has 1 heterocycles. The van der Waals surface area contributed by atoms with Crippen LogP contribution in [0, 0.1) is 6.92 Å². The Kier molecular flexibility index (Phi) is 5.49. The van der Waals surface area contributed by atoms with Crippen molar-refractivity contribution in [1.82, 2.24) is 9.55 Å². The number of nitrogens with one attached hydrogen (secondary N) is 1. The van der Waals surface area contributed by atoms with E-state index in [1.807, 2.05) is 6.07 Å². The zero-order chi connectivity index (χ0) is 20.3. The van der Waals surface area contributed by atoms with Gasteiger partial charge in [0.05, 0.1) is 32.2 Å². The van der Waals surface area contributed by atoms with Gasteiger partial charge in [0.25, 0.3) is 5.56 Å². The van der Waals surface area contributed by atoms with Crippen LogP contribution >= 0.6 is 0 Å². The van der Waals surface area contributed by atoms with Crippen LogP contribution in [0.2, 0.25) is 0 Å². The van der Waals surface area contributed by atoms with Crippen LogP contribution < -0.4 is 25.1 Å². The Morgan fingerprint density at radius 1 is 1.07 bits per heavy atom. The van der Waals surface area contributed by atoms with Gasteiger partial charge in [-0.2, -0.15) is 0 Å². The van der Waals surface area contributed by atoms with Gasteiger partial charge in [0.15, 0.2) is 11.5 Å². The maximum absolute atomic E-state index is 12.7. The van der Waals surface area contributed by atoms with Gasteiger partial charge in [0, 0.05) is 17.8 Å². The molecule has 0 bridgehead atoms. The first-order valence-electron chi connectivity index (χ1n) is 8.54. The van der Waals surface area contributed by atoms with E-state index in [9.17, 15) is 9.59 Å². The average Bonchev–Trinajstić information content (AvgIpc) is 2.70. The number of rotatable bonds is 6. The van der Waals surface area contributed by atoms with E-state index in [1.54, 1.807) is 37.3 Å². The summed E-state index contributed by atoms with van der Waals surface area (Å²) in [6, 6.07) is 10.3. The van der Waals surface area contributed by atoms with Crippen LogP contribution in [0.1, 0.15) is 5.82 Å². The molecule has 0 spiro atoms. The van der Waals surface area contributed by atoms with Crippen molar-refractivity contribution in [3.05, 3.63) is 52.6 Å². The third kappa shape index (κ3) is 3.62. The summed E-state index contributed by atoms with van der Waals surface area (Å²) in [7, 11) is 4.49. The highest BCUT2D eigenvalue weighted by Crippen LogP contribution is 2.39. The maximum atomic E-state index is 12.7. The molecule has 1 amide bonds. The third-order valence-electron chi connectivity index (χ3n) is 4.30. The molecular weight excluding hydrogens is 362 g/mol. The number of anilines is 1. The Morgan fingerprint density at radius 2 is 1.71 bits per heavy atom. The summed E-state index contributed by atoms with van der Waals surface area (Å²) >= 11 is 0. The van der Waals surface area contributed by atoms with Crippen molar-refractivity contribution in [2.75, 3.05) is 26.6 Å². The van der Waals surface area contributed by atoms with Gasteiger partial charge in [-0.15, -0.1) is 0 Å². The summed E-state index contributed by atoms with van der Waals surface area (Å²) in [5.41, 5.74) is 0.799. The molecule has 28 heavy (non-hydrogen) atoms. The number of para-hydroxylation sites is 1. The Hall–Kier alpha value is -3.55. The van der Waals surface area contributed by atoms with Crippen molar-refractivity contribution in [2.45, 2.75) is 13.5 Å². The average molecular weight is 383 g/mol. The Morgan fingerprint density at radius 3 is 2.32 bits per heavy atom. The standard InChI is InChI=1S/C20H21N3O5/c1-12-21-15-8-6-5-7-14(15)20(25)23(12)11-18(24)22-13-9-16(26-2)19(28-4)17(10-13)27-3/h5-10H,11H2,1-4H3,(H,22,24). The van der Waals surface area contributed by atoms with Crippen LogP contribution in [0.5, 0.6) is 17.2 Å². The van der Waals surface area contributed by atoms with Crippen LogP contribution in [0.15, 0.2) is 41.2 Å². The fraction of sp³-hybridized carbons (Fsp3) is 0.250. The smallest absolute Gasteiger partial charge is 0.261 e. The molecule has 0 unspecified atom stereocenters. The van der Waals surface area contributed by atoms with Gasteiger partial charge in [-0.1, -0.05) is 12.1 Å². The minimum absolute atomic E-state index is 0.167. The van der Waals surface area contributed by atoms with E-state index < -0.39 is 0 Å². The van der Waals surface area contributed by atoms with Crippen molar-refractivity contribution in [3.8, 4) is 17.2 Å². The lowest BCUT2D eigenvalue weighted by molar-refractivity contribution is -0.116. The minimum atomic E-state index is -0.378. The molecule has 3 aromatic rings. The summed E-state index contributed by atoms with van der Waals surface area (Å²) in [5, 5.41) is 3.22. The zero-order valence-electron chi connectivity index (χ0n) is 16.1.